The van der Waals surface area contributed by atoms with Crippen LogP contribution in [0.2, 0.25) is 0 Å². The lowest BCUT2D eigenvalue weighted by Crippen LogP contribution is -2.41. The quantitative estimate of drug-likeness (QED) is 0.808. The van der Waals surface area contributed by atoms with Gasteiger partial charge >= 0.3 is 0 Å². The van der Waals surface area contributed by atoms with E-state index in [0.29, 0.717) is 17.7 Å². The number of nitrogens with zero attached hydrogens (tertiary/aromatic N) is 5. The summed E-state index contributed by atoms with van der Waals surface area (Å²) in [6, 6.07) is 4.12. The molecule has 0 unspecified atom stereocenters. The summed E-state index contributed by atoms with van der Waals surface area (Å²) in [6.45, 7) is 1.63. The van der Waals surface area contributed by atoms with Crippen molar-refractivity contribution >= 4 is 11.6 Å². The van der Waals surface area contributed by atoms with Crippen LogP contribution < -0.4 is 0 Å². The average Bonchev–Trinajstić information content (AvgIpc) is 3.20. The number of hydrogen-bond acceptors (Lipinski definition) is 4. The Morgan fingerprint density at radius 3 is 2.44 bits per heavy atom. The molecule has 1 saturated heterocycles. The van der Waals surface area contributed by atoms with E-state index < -0.39 is 0 Å². The van der Waals surface area contributed by atoms with E-state index in [-0.39, 0.29) is 5.92 Å². The molecule has 2 aromatic heterocycles. The highest BCUT2D eigenvalue weighted by Crippen LogP contribution is 2.39. The predicted octanol–water partition coefficient (Wildman–Crippen LogP) is 2.67. The van der Waals surface area contributed by atoms with Crippen molar-refractivity contribution in [1.29, 1.82) is 0 Å². The molecule has 0 N–H and O–H groups in total. The highest BCUT2D eigenvalue weighted by Gasteiger charge is 2.31. The summed E-state index contributed by atoms with van der Waals surface area (Å²) in [4.78, 5) is 14.6. The van der Waals surface area contributed by atoms with Gasteiger partial charge < -0.3 is 4.90 Å². The Morgan fingerprint density at radius 1 is 0.960 bits per heavy atom. The van der Waals surface area contributed by atoms with Crippen LogP contribution in [0.5, 0.6) is 0 Å². The highest BCUT2D eigenvalue weighted by molar-refractivity contribution is 5.79. The van der Waals surface area contributed by atoms with Gasteiger partial charge in [0.25, 0.3) is 0 Å². The van der Waals surface area contributed by atoms with Crippen LogP contribution in [0.4, 0.5) is 0 Å². The third kappa shape index (κ3) is 2.73. The molecule has 1 aliphatic heterocycles. The van der Waals surface area contributed by atoms with Gasteiger partial charge in [-0.05, 0) is 50.7 Å². The molecule has 1 amide bonds. The largest absolute Gasteiger partial charge is 0.342 e. The van der Waals surface area contributed by atoms with Crippen molar-refractivity contribution in [1.82, 2.24) is 24.7 Å². The maximum absolute atomic E-state index is 12.6. The van der Waals surface area contributed by atoms with Gasteiger partial charge in [0.15, 0.2) is 11.5 Å². The van der Waals surface area contributed by atoms with E-state index in [1.54, 1.807) is 0 Å². The number of rotatable bonds is 3. The van der Waals surface area contributed by atoms with Gasteiger partial charge in [0.05, 0.1) is 5.69 Å². The lowest BCUT2D eigenvalue weighted by atomic mass is 9.94. The lowest BCUT2D eigenvalue weighted by Gasteiger charge is -2.32. The molecule has 5 rings (SSSR count). The smallest absolute Gasteiger partial charge is 0.226 e. The zero-order valence-corrected chi connectivity index (χ0v) is 14.3. The molecule has 130 valence electrons. The molecule has 0 bridgehead atoms. The Labute approximate surface area is 146 Å². The van der Waals surface area contributed by atoms with Crippen molar-refractivity contribution in [2.75, 3.05) is 13.1 Å². The van der Waals surface area contributed by atoms with Crippen molar-refractivity contribution in [3.8, 4) is 0 Å². The minimum atomic E-state index is 0.174. The number of piperidine rings is 1. The van der Waals surface area contributed by atoms with Crippen molar-refractivity contribution in [2.45, 2.75) is 50.4 Å². The van der Waals surface area contributed by atoms with E-state index in [2.05, 4.69) is 28.4 Å². The lowest BCUT2D eigenvalue weighted by molar-refractivity contribution is -0.136. The van der Waals surface area contributed by atoms with E-state index in [0.717, 1.165) is 55.9 Å². The number of fused-ring (bicyclic) bond motifs is 1. The number of allylic oxidation sites excluding steroid dienone is 2. The molecule has 0 aromatic carbocycles. The minimum absolute atomic E-state index is 0.174. The van der Waals surface area contributed by atoms with Crippen LogP contribution in [-0.4, -0.2) is 43.7 Å². The van der Waals surface area contributed by atoms with Crippen molar-refractivity contribution in [3.05, 3.63) is 35.8 Å². The summed E-state index contributed by atoms with van der Waals surface area (Å²) in [5, 5.41) is 13.5. The molecule has 25 heavy (non-hydrogen) atoms. The van der Waals surface area contributed by atoms with Crippen LogP contribution in [0.15, 0.2) is 24.3 Å². The molecular formula is C19H23N5O. The third-order valence-corrected chi connectivity index (χ3v) is 5.83. The molecule has 3 heterocycles. The molecule has 3 aliphatic rings. The number of amides is 1. The first-order chi connectivity index (χ1) is 12.3. The second-order valence-corrected chi connectivity index (χ2v) is 7.60. The predicted molar refractivity (Wildman–Crippen MR) is 93.2 cm³/mol. The van der Waals surface area contributed by atoms with E-state index >= 15 is 0 Å². The Kier molecular flexibility index (Phi) is 3.57. The monoisotopic (exact) mass is 337 g/mol. The molecule has 2 fully saturated rings. The average molecular weight is 337 g/mol. The molecular weight excluding hydrogens is 314 g/mol. The first kappa shape index (κ1) is 15.0. The Balaban J connectivity index is 1.31. The second kappa shape index (κ2) is 5.93. The normalized spacial score (nSPS) is 22.2. The first-order valence-electron chi connectivity index (χ1n) is 9.45. The van der Waals surface area contributed by atoms with Crippen LogP contribution in [-0.2, 0) is 4.79 Å². The van der Waals surface area contributed by atoms with Crippen molar-refractivity contribution < 1.29 is 4.79 Å². The van der Waals surface area contributed by atoms with Gasteiger partial charge in [-0.2, -0.15) is 9.61 Å². The maximum atomic E-state index is 12.6. The summed E-state index contributed by atoms with van der Waals surface area (Å²) < 4.78 is 1.94. The summed E-state index contributed by atoms with van der Waals surface area (Å²) >= 11 is 0. The van der Waals surface area contributed by atoms with Gasteiger partial charge in [-0.25, -0.2) is 0 Å². The van der Waals surface area contributed by atoms with Gasteiger partial charge in [0, 0.05) is 30.8 Å². The maximum Gasteiger partial charge on any atom is 0.226 e. The van der Waals surface area contributed by atoms with E-state index in [1.165, 1.54) is 12.8 Å². The summed E-state index contributed by atoms with van der Waals surface area (Å²) in [6.07, 6.45) is 10.4. The Morgan fingerprint density at radius 2 is 1.72 bits per heavy atom. The third-order valence-electron chi connectivity index (χ3n) is 5.83. The van der Waals surface area contributed by atoms with Crippen molar-refractivity contribution in [2.24, 2.45) is 5.92 Å². The topological polar surface area (TPSA) is 63.4 Å². The fourth-order valence-corrected chi connectivity index (χ4v) is 4.11. The van der Waals surface area contributed by atoms with Gasteiger partial charge in [-0.3, -0.25) is 4.79 Å². The molecule has 6 heteroatoms. The van der Waals surface area contributed by atoms with Crippen LogP contribution >= 0.6 is 0 Å². The summed E-state index contributed by atoms with van der Waals surface area (Å²) in [7, 11) is 0. The molecule has 1 saturated carbocycles. The zero-order valence-electron chi connectivity index (χ0n) is 14.3. The number of carbonyl (C=O) groups excluding carboxylic acids is 1. The van der Waals surface area contributed by atoms with Gasteiger partial charge in [0.2, 0.25) is 5.91 Å². The second-order valence-electron chi connectivity index (χ2n) is 7.60. The zero-order chi connectivity index (χ0) is 16.8. The SMILES string of the molecule is O=C(C1CC=CC1)N1CCC(c2nnc3ccc(C4CC4)nn23)CC1. The fraction of sp³-hybridized carbons (Fsp3) is 0.579. The number of carbonyl (C=O) groups is 1. The molecule has 0 radical (unpaired) electrons. The van der Waals surface area contributed by atoms with Gasteiger partial charge in [-0.1, -0.05) is 12.2 Å². The fourth-order valence-electron chi connectivity index (χ4n) is 4.11. The summed E-state index contributed by atoms with van der Waals surface area (Å²) in [5.74, 6) is 2.42. The molecule has 6 nitrogen and oxygen atoms in total. The van der Waals surface area contributed by atoms with Crippen molar-refractivity contribution in [3.63, 3.8) is 0 Å². The first-order valence-corrected chi connectivity index (χ1v) is 9.45. The molecule has 0 atom stereocenters. The highest BCUT2D eigenvalue weighted by atomic mass is 16.2. The van der Waals surface area contributed by atoms with E-state index in [1.807, 2.05) is 15.5 Å². The minimum Gasteiger partial charge on any atom is -0.342 e. The standard InChI is InChI=1S/C19H23N5O/c25-19(15-3-1-2-4-15)23-11-9-14(10-12-23)18-21-20-17-8-7-16(13-5-6-13)22-24(17)18/h1-2,7-8,13-15H,3-6,9-12H2. The summed E-state index contributed by atoms with van der Waals surface area (Å²) in [5.41, 5.74) is 1.99. The molecule has 0 spiro atoms. The van der Waals surface area contributed by atoms with Crippen LogP contribution in [0, 0.1) is 5.92 Å². The number of hydrogen-bond donors (Lipinski definition) is 0. The van der Waals surface area contributed by atoms with E-state index in [4.69, 9.17) is 5.10 Å². The Hall–Kier alpha value is -2.24. The van der Waals surface area contributed by atoms with Crippen LogP contribution in [0.1, 0.15) is 61.9 Å². The number of likely N-dealkylation sites (tertiary alicyclic amines) is 1. The van der Waals surface area contributed by atoms with Crippen LogP contribution in [0.3, 0.4) is 0 Å². The molecule has 2 aromatic rings. The molecule has 2 aliphatic carbocycles. The van der Waals surface area contributed by atoms with Gasteiger partial charge in [0.1, 0.15) is 0 Å². The van der Waals surface area contributed by atoms with Crippen LogP contribution in [0.25, 0.3) is 5.65 Å². The van der Waals surface area contributed by atoms with E-state index in [9.17, 15) is 4.79 Å². The Bertz CT molecular complexity index is 821. The number of aromatic nitrogens is 4. The van der Waals surface area contributed by atoms with Gasteiger partial charge in [-0.15, -0.1) is 10.2 Å².